The first kappa shape index (κ1) is 29.8. The predicted octanol–water partition coefficient (Wildman–Crippen LogP) is 5.32. The molecule has 9 heteroatoms. The van der Waals surface area contributed by atoms with Gasteiger partial charge in [0.25, 0.3) is 5.91 Å². The lowest BCUT2D eigenvalue weighted by atomic mass is 10.0. The maximum absolute atomic E-state index is 13.7. The quantitative estimate of drug-likeness (QED) is 0.402. The van der Waals surface area contributed by atoms with Gasteiger partial charge < -0.3 is 15.3 Å². The molecule has 0 unspecified atom stereocenters. The van der Waals surface area contributed by atoms with Crippen molar-refractivity contribution in [1.82, 2.24) is 20.1 Å². The topological polar surface area (TPSA) is 71.9 Å². The Bertz CT molecular complexity index is 1250. The molecule has 1 amide bonds. The highest BCUT2D eigenvalue weighted by Crippen LogP contribution is 2.27. The Balaban J connectivity index is 0.00000181. The zero-order valence-electron chi connectivity index (χ0n) is 23.3. The number of nitrogens with one attached hydrogen (secondary N) is 1. The Morgan fingerprint density at radius 1 is 1.00 bits per heavy atom. The molecule has 0 radical (unpaired) electrons. The molecule has 2 aliphatic rings. The van der Waals surface area contributed by atoms with Gasteiger partial charge in [0, 0.05) is 51.5 Å². The van der Waals surface area contributed by atoms with Crippen molar-refractivity contribution in [2.45, 2.75) is 45.8 Å². The summed E-state index contributed by atoms with van der Waals surface area (Å²) < 4.78 is 13.7. The summed E-state index contributed by atoms with van der Waals surface area (Å²) in [6.07, 6.45) is 3.75. The van der Waals surface area contributed by atoms with Crippen molar-refractivity contribution in [3.63, 3.8) is 0 Å². The molecule has 2 fully saturated rings. The molecule has 3 heterocycles. The molecular weight excluding hydrogens is 529 g/mol. The maximum atomic E-state index is 13.7. The first-order valence-corrected chi connectivity index (χ1v) is 14.5. The Morgan fingerprint density at radius 2 is 1.70 bits per heavy atom. The second-order valence-electron chi connectivity index (χ2n) is 10.0. The first-order chi connectivity index (χ1) is 19.5. The monoisotopic (exact) mass is 567 g/mol. The molecule has 0 spiro atoms. The number of pyridine rings is 1. The van der Waals surface area contributed by atoms with Crippen LogP contribution in [0.15, 0.2) is 60.8 Å². The molecule has 0 bridgehead atoms. The van der Waals surface area contributed by atoms with E-state index in [2.05, 4.69) is 25.0 Å². The minimum Gasteiger partial charge on any atom is -0.505 e. The average molecular weight is 568 g/mol. The van der Waals surface area contributed by atoms with Crippen LogP contribution in [-0.4, -0.2) is 71.1 Å². The van der Waals surface area contributed by atoms with Crippen LogP contribution in [0.5, 0.6) is 5.75 Å². The predicted molar refractivity (Wildman–Crippen MR) is 158 cm³/mol. The van der Waals surface area contributed by atoms with Crippen LogP contribution < -0.4 is 10.2 Å². The van der Waals surface area contributed by atoms with E-state index in [-0.39, 0.29) is 11.7 Å². The summed E-state index contributed by atoms with van der Waals surface area (Å²) in [7, 11) is 0. The van der Waals surface area contributed by atoms with E-state index in [1.165, 1.54) is 12.1 Å². The molecule has 0 atom stereocenters. The molecular formula is C31H39ClFN5O2. The van der Waals surface area contributed by atoms with Crippen molar-refractivity contribution in [3.05, 3.63) is 88.3 Å². The zero-order valence-corrected chi connectivity index (χ0v) is 24.1. The number of carbonyl (C=O) groups is 1. The third-order valence-electron chi connectivity index (χ3n) is 7.49. The average Bonchev–Trinajstić information content (AvgIpc) is 3.00. The molecule has 2 aromatic carbocycles. The number of carbonyl (C=O) groups excluding carboxylic acids is 1. The van der Waals surface area contributed by atoms with E-state index < -0.39 is 5.82 Å². The van der Waals surface area contributed by atoms with Crippen LogP contribution in [0.1, 0.15) is 48.2 Å². The minimum atomic E-state index is -0.564. The van der Waals surface area contributed by atoms with Crippen molar-refractivity contribution in [2.24, 2.45) is 0 Å². The van der Waals surface area contributed by atoms with Crippen LogP contribution >= 0.6 is 11.6 Å². The Labute approximate surface area is 241 Å². The van der Waals surface area contributed by atoms with E-state index in [0.717, 1.165) is 69.1 Å². The van der Waals surface area contributed by atoms with Crippen molar-refractivity contribution in [1.29, 1.82) is 0 Å². The zero-order chi connectivity index (χ0) is 28.5. The summed E-state index contributed by atoms with van der Waals surface area (Å²) in [5.41, 5.74) is 2.37. The summed E-state index contributed by atoms with van der Waals surface area (Å²) in [5, 5.41) is 12.8. The number of phenolic OH excluding ortho intramolecular Hbond substituents is 1. The number of likely N-dealkylation sites (tertiary alicyclic amines) is 1. The van der Waals surface area contributed by atoms with Gasteiger partial charge in [0.15, 0.2) is 11.6 Å². The van der Waals surface area contributed by atoms with Gasteiger partial charge in [-0.2, -0.15) is 0 Å². The third-order valence-corrected chi connectivity index (χ3v) is 7.76. The number of hydrogen-bond donors (Lipinski definition) is 2. The van der Waals surface area contributed by atoms with Gasteiger partial charge in [-0.25, -0.2) is 9.37 Å². The number of aromatic nitrogens is 1. The highest BCUT2D eigenvalue weighted by atomic mass is 35.5. The van der Waals surface area contributed by atoms with Crippen LogP contribution in [0, 0.1) is 5.82 Å². The molecule has 0 aliphatic carbocycles. The number of benzene rings is 2. The molecule has 2 saturated heterocycles. The Hall–Kier alpha value is -3.20. The molecule has 7 nitrogen and oxygen atoms in total. The number of phenols is 1. The number of piperidine rings is 1. The number of aromatic hydroxyl groups is 1. The normalized spacial score (nSPS) is 16.8. The fourth-order valence-corrected chi connectivity index (χ4v) is 5.60. The third kappa shape index (κ3) is 7.71. The van der Waals surface area contributed by atoms with Crippen molar-refractivity contribution in [3.8, 4) is 5.75 Å². The van der Waals surface area contributed by atoms with E-state index in [4.69, 9.17) is 11.6 Å². The van der Waals surface area contributed by atoms with Gasteiger partial charge in [0.2, 0.25) is 0 Å². The summed E-state index contributed by atoms with van der Waals surface area (Å²) in [4.78, 5) is 24.2. The summed E-state index contributed by atoms with van der Waals surface area (Å²) >= 11 is 6.57. The van der Waals surface area contributed by atoms with Gasteiger partial charge in [-0.1, -0.05) is 61.8 Å². The number of nitrogens with zero attached hydrogens (tertiary/aromatic N) is 4. The molecule has 214 valence electrons. The fraction of sp³-hybridized carbons (Fsp3) is 0.419. The van der Waals surface area contributed by atoms with Crippen LogP contribution in [0.25, 0.3) is 0 Å². The lowest BCUT2D eigenvalue weighted by Gasteiger charge is -2.43. The number of halogens is 2. The smallest absolute Gasteiger partial charge is 0.253 e. The summed E-state index contributed by atoms with van der Waals surface area (Å²) in [6, 6.07) is 16.6. The van der Waals surface area contributed by atoms with Crippen molar-refractivity contribution < 1.29 is 14.3 Å². The molecule has 2 aliphatic heterocycles. The SMILES string of the molecule is CC.O=C(NCc1ccccc1)c1cnc(N2CCN(C3CCN(Cc4ccc(O)c(F)c4)CC3)CC2)c(Cl)c1. The van der Waals surface area contributed by atoms with Crippen LogP contribution in [0.2, 0.25) is 5.02 Å². The summed E-state index contributed by atoms with van der Waals surface area (Å²) in [6.45, 7) is 10.6. The first-order valence-electron chi connectivity index (χ1n) is 14.1. The molecule has 5 rings (SSSR count). The largest absolute Gasteiger partial charge is 0.505 e. The second kappa shape index (κ2) is 14.4. The number of rotatable bonds is 7. The van der Waals surface area contributed by atoms with Crippen LogP contribution in [0.3, 0.4) is 0 Å². The number of amides is 1. The summed E-state index contributed by atoms with van der Waals surface area (Å²) in [5.74, 6) is -0.336. The Morgan fingerprint density at radius 3 is 2.35 bits per heavy atom. The lowest BCUT2D eigenvalue weighted by Crippen LogP contribution is -2.53. The highest BCUT2D eigenvalue weighted by Gasteiger charge is 2.28. The van der Waals surface area contributed by atoms with E-state index >= 15 is 0 Å². The number of anilines is 1. The molecule has 0 saturated carbocycles. The molecule has 1 aromatic heterocycles. The van der Waals surface area contributed by atoms with E-state index in [0.29, 0.717) is 29.7 Å². The number of hydrogen-bond acceptors (Lipinski definition) is 6. The standard InChI is InChI=1S/C29H33ClFN5O2.C2H6/c30-25-17-23(29(38)33-18-21-4-2-1-3-5-21)19-32-28(25)36-14-12-35(13-15-36)24-8-10-34(11-9-24)20-22-6-7-27(37)26(31)16-22;1-2/h1-7,16-17,19,24,37H,8-15,18,20H2,(H,33,38);1-2H3. The van der Waals surface area contributed by atoms with E-state index in [1.54, 1.807) is 18.3 Å². The van der Waals surface area contributed by atoms with Crippen molar-refractivity contribution >= 4 is 23.3 Å². The van der Waals surface area contributed by atoms with Gasteiger partial charge in [0.1, 0.15) is 5.82 Å². The maximum Gasteiger partial charge on any atom is 0.253 e. The van der Waals surface area contributed by atoms with Crippen molar-refractivity contribution in [2.75, 3.05) is 44.2 Å². The highest BCUT2D eigenvalue weighted by molar-refractivity contribution is 6.33. The Kier molecular flexibility index (Phi) is 10.7. The second-order valence-corrected chi connectivity index (χ2v) is 10.4. The number of piperazine rings is 1. The molecule has 3 aromatic rings. The molecule has 40 heavy (non-hydrogen) atoms. The van der Waals surface area contributed by atoms with Gasteiger partial charge in [-0.15, -0.1) is 0 Å². The van der Waals surface area contributed by atoms with Gasteiger partial charge in [0.05, 0.1) is 10.6 Å². The van der Waals surface area contributed by atoms with Gasteiger partial charge >= 0.3 is 0 Å². The van der Waals surface area contributed by atoms with Gasteiger partial charge in [-0.05, 0) is 55.3 Å². The minimum absolute atomic E-state index is 0.193. The van der Waals surface area contributed by atoms with E-state index in [1.807, 2.05) is 44.2 Å². The van der Waals surface area contributed by atoms with Gasteiger partial charge in [-0.3, -0.25) is 14.6 Å². The molecule has 2 N–H and O–H groups in total. The van der Waals surface area contributed by atoms with E-state index in [9.17, 15) is 14.3 Å². The lowest BCUT2D eigenvalue weighted by molar-refractivity contribution is 0.0950. The van der Waals surface area contributed by atoms with Crippen LogP contribution in [0.4, 0.5) is 10.2 Å². The van der Waals surface area contributed by atoms with Crippen LogP contribution in [-0.2, 0) is 13.1 Å². The fourth-order valence-electron chi connectivity index (χ4n) is 5.32.